The van der Waals surface area contributed by atoms with Crippen LogP contribution in [0.25, 0.3) is 0 Å². The van der Waals surface area contributed by atoms with Crippen LogP contribution in [0, 0.1) is 11.3 Å². The third kappa shape index (κ3) is 3.51. The minimum Gasteiger partial charge on any atom is -0.221 e. The molecule has 0 aromatic heterocycles. The Morgan fingerprint density at radius 1 is 1.38 bits per heavy atom. The van der Waals surface area contributed by atoms with Gasteiger partial charge >= 0.3 is 0 Å². The van der Waals surface area contributed by atoms with Crippen molar-refractivity contribution in [2.24, 2.45) is 15.7 Å². The largest absolute Gasteiger partial charge is 0.221 e. The minimum absolute atomic E-state index is 0.214. The van der Waals surface area contributed by atoms with Gasteiger partial charge in [0.25, 0.3) is 0 Å². The molecule has 0 aromatic carbocycles. The van der Waals surface area contributed by atoms with E-state index in [0.29, 0.717) is 5.92 Å². The Hall–Kier alpha value is -0.500. The molecule has 0 spiro atoms. The summed E-state index contributed by atoms with van der Waals surface area (Å²) in [6.07, 6.45) is 11.0. The first-order valence-electron chi connectivity index (χ1n) is 5.95. The van der Waals surface area contributed by atoms with Gasteiger partial charge in [0.15, 0.2) is 0 Å². The summed E-state index contributed by atoms with van der Waals surface area (Å²) in [6.45, 7) is 9.09. The Balaban J connectivity index is 3.15. The molecule has 0 aliphatic heterocycles. The standard InChI is InChI=1S/C14H23NS/c1-11(2)10-12-13(15-16-5)8-6-7-9-14(12,3)4/h6-7,10-11H,8-9H2,1-5H3/b12-10-,15-13-. The van der Waals surface area contributed by atoms with E-state index in [4.69, 9.17) is 0 Å². The normalized spacial score (nSPS) is 25.4. The number of nitrogens with zero attached hydrogens (tertiary/aromatic N) is 1. The number of hydrogen-bond acceptors (Lipinski definition) is 2. The molecule has 0 saturated heterocycles. The molecule has 0 bridgehead atoms. The maximum absolute atomic E-state index is 4.59. The first-order valence-corrected chi connectivity index (χ1v) is 7.13. The maximum atomic E-state index is 4.59. The summed E-state index contributed by atoms with van der Waals surface area (Å²) in [4.78, 5) is 0. The Bertz CT molecular complexity index is 322. The zero-order valence-corrected chi connectivity index (χ0v) is 11.9. The van der Waals surface area contributed by atoms with Crippen LogP contribution >= 0.6 is 11.9 Å². The lowest BCUT2D eigenvalue weighted by molar-refractivity contribution is 0.469. The molecule has 16 heavy (non-hydrogen) atoms. The quantitative estimate of drug-likeness (QED) is 0.502. The minimum atomic E-state index is 0.214. The van der Waals surface area contributed by atoms with Crippen molar-refractivity contribution in [3.8, 4) is 0 Å². The molecular weight excluding hydrogens is 214 g/mol. The van der Waals surface area contributed by atoms with Crippen LogP contribution in [-0.4, -0.2) is 12.0 Å². The smallest absolute Gasteiger partial charge is 0.0558 e. The van der Waals surface area contributed by atoms with Crippen LogP contribution in [0.2, 0.25) is 0 Å². The van der Waals surface area contributed by atoms with Crippen LogP contribution in [0.3, 0.4) is 0 Å². The van der Waals surface area contributed by atoms with Gasteiger partial charge in [-0.3, -0.25) is 0 Å². The van der Waals surface area contributed by atoms with E-state index in [0.717, 1.165) is 12.8 Å². The first kappa shape index (κ1) is 13.6. The molecular formula is C14H23NS. The molecule has 0 N–H and O–H groups in total. The van der Waals surface area contributed by atoms with Crippen LogP contribution in [0.4, 0.5) is 0 Å². The van der Waals surface area contributed by atoms with Gasteiger partial charge in [0.2, 0.25) is 0 Å². The fraction of sp³-hybridized carbons (Fsp3) is 0.643. The fourth-order valence-electron chi connectivity index (χ4n) is 2.04. The predicted molar refractivity (Wildman–Crippen MR) is 76.0 cm³/mol. The van der Waals surface area contributed by atoms with Crippen LogP contribution in [0.15, 0.2) is 28.2 Å². The van der Waals surface area contributed by atoms with Gasteiger partial charge in [0, 0.05) is 12.7 Å². The van der Waals surface area contributed by atoms with E-state index in [1.54, 1.807) is 11.9 Å². The number of hydrogen-bond donors (Lipinski definition) is 0. The van der Waals surface area contributed by atoms with Gasteiger partial charge in [-0.25, -0.2) is 4.40 Å². The van der Waals surface area contributed by atoms with Crippen molar-refractivity contribution in [3.05, 3.63) is 23.8 Å². The summed E-state index contributed by atoms with van der Waals surface area (Å²) in [7, 11) is 0. The van der Waals surface area contributed by atoms with E-state index in [-0.39, 0.29) is 5.41 Å². The van der Waals surface area contributed by atoms with Gasteiger partial charge in [0.05, 0.1) is 5.71 Å². The SMILES string of the molecule is CS/N=C1/CC=CCC(C)(C)/C1=C\C(C)C. The molecule has 0 amide bonds. The van der Waals surface area contributed by atoms with Gasteiger partial charge in [-0.15, -0.1) is 0 Å². The summed E-state index contributed by atoms with van der Waals surface area (Å²) >= 11 is 1.56. The van der Waals surface area contributed by atoms with Crippen molar-refractivity contribution in [1.29, 1.82) is 0 Å². The highest BCUT2D eigenvalue weighted by atomic mass is 32.2. The maximum Gasteiger partial charge on any atom is 0.0558 e. The van der Waals surface area contributed by atoms with E-state index in [1.165, 1.54) is 11.3 Å². The summed E-state index contributed by atoms with van der Waals surface area (Å²) < 4.78 is 4.59. The van der Waals surface area contributed by atoms with E-state index < -0.39 is 0 Å². The highest BCUT2D eigenvalue weighted by Gasteiger charge is 2.27. The zero-order chi connectivity index (χ0) is 12.2. The molecule has 0 radical (unpaired) electrons. The lowest BCUT2D eigenvalue weighted by Crippen LogP contribution is -2.20. The lowest BCUT2D eigenvalue weighted by Gasteiger charge is -2.27. The third-order valence-electron chi connectivity index (χ3n) is 2.85. The molecule has 1 aliphatic rings. The highest BCUT2D eigenvalue weighted by molar-refractivity contribution is 7.97. The molecule has 0 heterocycles. The zero-order valence-electron chi connectivity index (χ0n) is 11.1. The van der Waals surface area contributed by atoms with Gasteiger partial charge in [-0.05, 0) is 35.3 Å². The predicted octanol–water partition coefficient (Wildman–Crippen LogP) is 4.66. The molecule has 90 valence electrons. The molecule has 0 unspecified atom stereocenters. The molecule has 0 fully saturated rings. The second-order valence-electron chi connectivity index (χ2n) is 5.31. The van der Waals surface area contributed by atoms with Gasteiger partial charge in [0.1, 0.15) is 0 Å². The second-order valence-corrected chi connectivity index (χ2v) is 5.86. The Morgan fingerprint density at radius 2 is 2.06 bits per heavy atom. The molecule has 2 heteroatoms. The van der Waals surface area contributed by atoms with Crippen LogP contribution in [-0.2, 0) is 0 Å². The van der Waals surface area contributed by atoms with Crippen molar-refractivity contribution >= 4 is 17.7 Å². The van der Waals surface area contributed by atoms with Crippen LogP contribution in [0.1, 0.15) is 40.5 Å². The summed E-state index contributed by atoms with van der Waals surface area (Å²) in [5.41, 5.74) is 2.90. The average Bonchev–Trinajstić information content (AvgIpc) is 2.30. The van der Waals surface area contributed by atoms with Crippen molar-refractivity contribution in [3.63, 3.8) is 0 Å². The Labute approximate surface area is 104 Å². The van der Waals surface area contributed by atoms with Crippen molar-refractivity contribution in [2.75, 3.05) is 6.26 Å². The van der Waals surface area contributed by atoms with Gasteiger partial charge < -0.3 is 0 Å². The monoisotopic (exact) mass is 237 g/mol. The van der Waals surface area contributed by atoms with Crippen molar-refractivity contribution in [2.45, 2.75) is 40.5 Å². The van der Waals surface area contributed by atoms with Crippen LogP contribution < -0.4 is 0 Å². The Morgan fingerprint density at radius 3 is 2.62 bits per heavy atom. The average molecular weight is 237 g/mol. The summed E-state index contributed by atoms with van der Waals surface area (Å²) in [5.74, 6) is 0.583. The number of rotatable bonds is 2. The van der Waals surface area contributed by atoms with E-state index in [2.05, 4.69) is 50.3 Å². The lowest BCUT2D eigenvalue weighted by atomic mass is 9.78. The van der Waals surface area contributed by atoms with Crippen molar-refractivity contribution in [1.82, 2.24) is 0 Å². The van der Waals surface area contributed by atoms with Gasteiger partial charge in [-0.2, -0.15) is 0 Å². The van der Waals surface area contributed by atoms with E-state index >= 15 is 0 Å². The first-order chi connectivity index (χ1) is 7.47. The molecule has 0 aromatic rings. The number of allylic oxidation sites excluding steroid dienone is 4. The van der Waals surface area contributed by atoms with Crippen LogP contribution in [0.5, 0.6) is 0 Å². The van der Waals surface area contributed by atoms with Gasteiger partial charge in [-0.1, -0.05) is 45.9 Å². The molecule has 1 aliphatic carbocycles. The molecule has 1 nitrogen and oxygen atoms in total. The second kappa shape index (κ2) is 5.72. The molecule has 0 saturated carbocycles. The van der Waals surface area contributed by atoms with E-state index in [9.17, 15) is 0 Å². The Kier molecular flexibility index (Phi) is 4.85. The third-order valence-corrected chi connectivity index (χ3v) is 3.25. The summed E-state index contributed by atoms with van der Waals surface area (Å²) in [6, 6.07) is 0. The topological polar surface area (TPSA) is 12.4 Å². The molecule has 1 rings (SSSR count). The molecule has 0 atom stereocenters. The van der Waals surface area contributed by atoms with Crippen molar-refractivity contribution < 1.29 is 0 Å². The van der Waals surface area contributed by atoms with E-state index in [1.807, 2.05) is 6.26 Å². The fourth-order valence-corrected chi connectivity index (χ4v) is 2.43. The highest BCUT2D eigenvalue weighted by Crippen LogP contribution is 2.36. The summed E-state index contributed by atoms with van der Waals surface area (Å²) in [5, 5.41) is 0.